The van der Waals surface area contributed by atoms with E-state index >= 15 is 0 Å². The second-order valence-corrected chi connectivity index (χ2v) is 8.35. The second-order valence-electron chi connectivity index (χ2n) is 6.27. The van der Waals surface area contributed by atoms with Crippen molar-refractivity contribution in [1.82, 2.24) is 4.90 Å². The van der Waals surface area contributed by atoms with Crippen LogP contribution in [0.3, 0.4) is 0 Å². The van der Waals surface area contributed by atoms with E-state index in [9.17, 15) is 14.0 Å². The van der Waals surface area contributed by atoms with E-state index in [1.54, 1.807) is 54.5 Å². The van der Waals surface area contributed by atoms with Gasteiger partial charge in [-0.05, 0) is 42.5 Å². The lowest BCUT2D eigenvalue weighted by Gasteiger charge is -2.22. The number of benzene rings is 2. The van der Waals surface area contributed by atoms with Gasteiger partial charge in [0.15, 0.2) is 0 Å². The smallest absolute Gasteiger partial charge is 0.265 e. The number of carbonyl (C=O) groups excluding carboxylic acids is 2. The summed E-state index contributed by atoms with van der Waals surface area (Å²) in [5.41, 5.74) is 0.638. The van der Waals surface area contributed by atoms with E-state index < -0.39 is 6.04 Å². The first kappa shape index (κ1) is 18.8. The minimum atomic E-state index is -0.574. The molecule has 0 bridgehead atoms. The number of methoxy groups -OCH3 is 1. The van der Waals surface area contributed by atoms with Crippen LogP contribution in [0.25, 0.3) is 10.1 Å². The fourth-order valence-electron chi connectivity index (χ4n) is 3.03. The molecule has 28 heavy (non-hydrogen) atoms. The number of amides is 2. The SMILES string of the molecule is COc1ccc(NC(=O)C2CSCN2C(=O)c2cc3c(F)cccc3s2)cc1. The zero-order valence-electron chi connectivity index (χ0n) is 15.0. The topological polar surface area (TPSA) is 58.6 Å². The van der Waals surface area contributed by atoms with Crippen LogP contribution < -0.4 is 10.1 Å². The Kier molecular flexibility index (Phi) is 5.23. The number of fused-ring (bicyclic) bond motifs is 1. The Morgan fingerprint density at radius 2 is 2.00 bits per heavy atom. The van der Waals surface area contributed by atoms with Crippen LogP contribution in [0, 0.1) is 5.82 Å². The highest BCUT2D eigenvalue weighted by Crippen LogP contribution is 2.31. The summed E-state index contributed by atoms with van der Waals surface area (Å²) >= 11 is 2.77. The lowest BCUT2D eigenvalue weighted by atomic mass is 10.2. The zero-order chi connectivity index (χ0) is 19.7. The molecule has 0 saturated carbocycles. The maximum Gasteiger partial charge on any atom is 0.265 e. The van der Waals surface area contributed by atoms with Gasteiger partial charge in [-0.25, -0.2) is 4.39 Å². The number of hydrogen-bond acceptors (Lipinski definition) is 5. The molecular weight excluding hydrogens is 399 g/mol. The molecule has 1 atom stereocenters. The maximum absolute atomic E-state index is 13.9. The third-order valence-electron chi connectivity index (χ3n) is 4.52. The average molecular weight is 416 g/mol. The molecule has 4 rings (SSSR count). The van der Waals surface area contributed by atoms with Crippen molar-refractivity contribution in [2.24, 2.45) is 0 Å². The molecular formula is C20H17FN2O3S2. The highest BCUT2D eigenvalue weighted by atomic mass is 32.2. The molecule has 1 aliphatic heterocycles. The summed E-state index contributed by atoms with van der Waals surface area (Å²) < 4.78 is 19.8. The Morgan fingerprint density at radius 3 is 2.71 bits per heavy atom. The van der Waals surface area contributed by atoms with E-state index in [1.807, 2.05) is 0 Å². The van der Waals surface area contributed by atoms with Crippen LogP contribution in [-0.4, -0.2) is 41.5 Å². The van der Waals surface area contributed by atoms with Gasteiger partial charge in [0, 0.05) is 21.5 Å². The molecule has 2 heterocycles. The van der Waals surface area contributed by atoms with Gasteiger partial charge in [-0.3, -0.25) is 9.59 Å². The number of nitrogens with one attached hydrogen (secondary N) is 1. The number of hydrogen-bond donors (Lipinski definition) is 1. The number of thiophene rings is 1. The predicted molar refractivity (Wildman–Crippen MR) is 111 cm³/mol. The van der Waals surface area contributed by atoms with E-state index in [0.717, 1.165) is 4.70 Å². The van der Waals surface area contributed by atoms with Crippen LogP contribution in [0.4, 0.5) is 10.1 Å². The third-order valence-corrected chi connectivity index (χ3v) is 6.62. The van der Waals surface area contributed by atoms with Crippen LogP contribution in [0.1, 0.15) is 9.67 Å². The molecule has 1 fully saturated rings. The van der Waals surface area contributed by atoms with Gasteiger partial charge in [0.25, 0.3) is 5.91 Å². The van der Waals surface area contributed by atoms with Crippen molar-refractivity contribution in [3.05, 3.63) is 59.2 Å². The van der Waals surface area contributed by atoms with Crippen molar-refractivity contribution in [1.29, 1.82) is 0 Å². The summed E-state index contributed by atoms with van der Waals surface area (Å²) in [5, 5.41) is 3.28. The summed E-state index contributed by atoms with van der Waals surface area (Å²) in [7, 11) is 1.58. The van der Waals surface area contributed by atoms with Gasteiger partial charge in [-0.2, -0.15) is 0 Å². The van der Waals surface area contributed by atoms with Crippen LogP contribution in [0.15, 0.2) is 48.5 Å². The van der Waals surface area contributed by atoms with Gasteiger partial charge >= 0.3 is 0 Å². The molecule has 2 aromatic carbocycles. The van der Waals surface area contributed by atoms with E-state index in [-0.39, 0.29) is 17.6 Å². The number of halogens is 1. The van der Waals surface area contributed by atoms with Crippen molar-refractivity contribution in [2.45, 2.75) is 6.04 Å². The molecule has 1 aliphatic rings. The number of rotatable bonds is 4. The minimum absolute atomic E-state index is 0.240. The Hall–Kier alpha value is -2.58. The van der Waals surface area contributed by atoms with E-state index in [2.05, 4.69) is 5.32 Å². The second kappa shape index (κ2) is 7.81. The molecule has 0 aliphatic carbocycles. The Morgan fingerprint density at radius 1 is 1.21 bits per heavy atom. The lowest BCUT2D eigenvalue weighted by molar-refractivity contribution is -0.119. The molecule has 5 nitrogen and oxygen atoms in total. The highest BCUT2D eigenvalue weighted by Gasteiger charge is 2.35. The van der Waals surface area contributed by atoms with Crippen LogP contribution in [0.2, 0.25) is 0 Å². The summed E-state index contributed by atoms with van der Waals surface area (Å²) in [6.45, 7) is 0. The molecule has 1 saturated heterocycles. The monoisotopic (exact) mass is 416 g/mol. The van der Waals surface area contributed by atoms with Gasteiger partial charge in [-0.1, -0.05) is 6.07 Å². The van der Waals surface area contributed by atoms with E-state index in [4.69, 9.17) is 4.74 Å². The zero-order valence-corrected chi connectivity index (χ0v) is 16.6. The first-order valence-electron chi connectivity index (χ1n) is 8.58. The van der Waals surface area contributed by atoms with Crippen molar-refractivity contribution in [2.75, 3.05) is 24.1 Å². The average Bonchev–Trinajstić information content (AvgIpc) is 3.36. The molecule has 1 aromatic heterocycles. The highest BCUT2D eigenvalue weighted by molar-refractivity contribution is 7.99. The number of ether oxygens (including phenoxy) is 1. The summed E-state index contributed by atoms with van der Waals surface area (Å²) in [4.78, 5) is 27.7. The maximum atomic E-state index is 13.9. The fourth-order valence-corrected chi connectivity index (χ4v) is 5.22. The van der Waals surface area contributed by atoms with Crippen LogP contribution >= 0.6 is 23.1 Å². The Balaban J connectivity index is 1.52. The molecule has 1 unspecified atom stereocenters. The first-order valence-corrected chi connectivity index (χ1v) is 10.6. The molecule has 144 valence electrons. The van der Waals surface area contributed by atoms with Gasteiger partial charge in [0.1, 0.15) is 17.6 Å². The first-order chi connectivity index (χ1) is 13.6. The third kappa shape index (κ3) is 3.57. The van der Waals surface area contributed by atoms with Gasteiger partial charge in [-0.15, -0.1) is 23.1 Å². The molecule has 8 heteroatoms. The number of anilines is 1. The summed E-state index contributed by atoms with van der Waals surface area (Å²) in [6, 6.07) is 12.8. The van der Waals surface area contributed by atoms with Gasteiger partial charge < -0.3 is 15.0 Å². The van der Waals surface area contributed by atoms with E-state index in [0.29, 0.717) is 33.3 Å². The van der Waals surface area contributed by atoms with Crippen LogP contribution in [0.5, 0.6) is 5.75 Å². The summed E-state index contributed by atoms with van der Waals surface area (Å²) in [5.74, 6) is 0.806. The van der Waals surface area contributed by atoms with E-state index in [1.165, 1.54) is 29.2 Å². The van der Waals surface area contributed by atoms with Crippen molar-refractivity contribution < 1.29 is 18.7 Å². The normalized spacial score (nSPS) is 16.4. The fraction of sp³-hybridized carbons (Fsp3) is 0.200. The molecule has 3 aromatic rings. The van der Waals surface area contributed by atoms with Gasteiger partial charge in [0.2, 0.25) is 5.91 Å². The Bertz CT molecular complexity index is 1040. The van der Waals surface area contributed by atoms with Gasteiger partial charge in [0.05, 0.1) is 17.9 Å². The Labute approximate surface area is 169 Å². The number of nitrogens with zero attached hydrogens (tertiary/aromatic N) is 1. The number of thioether (sulfide) groups is 1. The molecule has 0 radical (unpaired) electrons. The van der Waals surface area contributed by atoms with Crippen molar-refractivity contribution >= 4 is 50.7 Å². The molecule has 1 N–H and O–H groups in total. The molecule has 2 amide bonds. The minimum Gasteiger partial charge on any atom is -0.497 e. The number of carbonyl (C=O) groups is 2. The predicted octanol–water partition coefficient (Wildman–Crippen LogP) is 4.20. The lowest BCUT2D eigenvalue weighted by Crippen LogP contribution is -2.44. The standard InChI is InChI=1S/C20H17FN2O3S2/c1-26-13-7-5-12(6-8-13)22-19(24)16-10-27-11-23(16)20(25)18-9-14-15(21)3-2-4-17(14)28-18/h2-9,16H,10-11H2,1H3,(H,22,24). The van der Waals surface area contributed by atoms with Crippen LogP contribution in [-0.2, 0) is 4.79 Å². The largest absolute Gasteiger partial charge is 0.497 e. The van der Waals surface area contributed by atoms with Crippen molar-refractivity contribution in [3.63, 3.8) is 0 Å². The quantitative estimate of drug-likeness (QED) is 0.693. The molecule has 0 spiro atoms. The van der Waals surface area contributed by atoms with Crippen molar-refractivity contribution in [3.8, 4) is 5.75 Å². The summed E-state index contributed by atoms with van der Waals surface area (Å²) in [6.07, 6.45) is 0.